The van der Waals surface area contributed by atoms with Crippen molar-refractivity contribution < 1.29 is 23.8 Å². The lowest BCUT2D eigenvalue weighted by molar-refractivity contribution is -0.143. The van der Waals surface area contributed by atoms with Gasteiger partial charge in [0.2, 0.25) is 0 Å². The van der Waals surface area contributed by atoms with Crippen LogP contribution in [0.5, 0.6) is 11.5 Å². The van der Waals surface area contributed by atoms with Crippen molar-refractivity contribution in [2.45, 2.75) is 6.42 Å². The molecule has 0 fully saturated rings. The highest BCUT2D eigenvalue weighted by Crippen LogP contribution is 2.31. The molecule has 0 aromatic heterocycles. The number of fused-ring (bicyclic) bond motifs is 1. The minimum absolute atomic E-state index is 0.306. The maximum Gasteiger partial charge on any atom is 0.331 e. The summed E-state index contributed by atoms with van der Waals surface area (Å²) in [5, 5.41) is 2.72. The molecule has 0 aliphatic carbocycles. The van der Waals surface area contributed by atoms with Gasteiger partial charge in [0.15, 0.2) is 18.1 Å². The second-order valence-corrected chi connectivity index (χ2v) is 5.93. The van der Waals surface area contributed by atoms with Gasteiger partial charge in [0.1, 0.15) is 13.2 Å². The molecule has 3 rings (SSSR count). The van der Waals surface area contributed by atoms with Crippen molar-refractivity contribution in [1.29, 1.82) is 0 Å². The van der Waals surface area contributed by atoms with E-state index in [0.717, 1.165) is 17.5 Å². The molecule has 2 aromatic carbocycles. The summed E-state index contributed by atoms with van der Waals surface area (Å²) in [6, 6.07) is 15.2. The molecule has 1 N–H and O–H groups in total. The highest BCUT2D eigenvalue weighted by atomic mass is 16.6. The van der Waals surface area contributed by atoms with Crippen molar-refractivity contribution in [3.05, 3.63) is 65.7 Å². The number of carbonyl (C=O) groups is 2. The Labute approximate surface area is 157 Å². The summed E-state index contributed by atoms with van der Waals surface area (Å²) in [6.07, 6.45) is 3.61. The number of esters is 1. The third-order valence-corrected chi connectivity index (χ3v) is 3.90. The first kappa shape index (κ1) is 18.5. The fourth-order valence-electron chi connectivity index (χ4n) is 2.55. The lowest BCUT2D eigenvalue weighted by Crippen LogP contribution is -2.30. The molecule has 6 heteroatoms. The number of carbonyl (C=O) groups excluding carboxylic acids is 2. The van der Waals surface area contributed by atoms with Gasteiger partial charge >= 0.3 is 5.97 Å². The van der Waals surface area contributed by atoms with Gasteiger partial charge in [-0.2, -0.15) is 0 Å². The van der Waals surface area contributed by atoms with Crippen molar-refractivity contribution in [1.82, 2.24) is 5.32 Å². The largest absolute Gasteiger partial charge is 0.486 e. The quantitative estimate of drug-likeness (QED) is 0.601. The molecule has 6 nitrogen and oxygen atoms in total. The summed E-state index contributed by atoms with van der Waals surface area (Å²) in [5.74, 6) is 0.429. The van der Waals surface area contributed by atoms with Gasteiger partial charge < -0.3 is 19.5 Å². The summed E-state index contributed by atoms with van der Waals surface area (Å²) < 4.78 is 15.9. The van der Waals surface area contributed by atoms with Crippen LogP contribution in [-0.4, -0.2) is 38.2 Å². The molecule has 0 bridgehead atoms. The SMILES string of the molecule is O=C(COC(=O)/C=C/c1ccc2c(c1)OCCO2)NCCc1ccccc1. The van der Waals surface area contributed by atoms with E-state index in [4.69, 9.17) is 14.2 Å². The van der Waals surface area contributed by atoms with Crippen LogP contribution >= 0.6 is 0 Å². The predicted octanol–water partition coefficient (Wildman–Crippen LogP) is 2.37. The van der Waals surface area contributed by atoms with Crippen molar-refractivity contribution in [2.24, 2.45) is 0 Å². The first-order valence-electron chi connectivity index (χ1n) is 8.76. The number of ether oxygens (including phenoxy) is 3. The molecule has 2 aromatic rings. The zero-order valence-electron chi connectivity index (χ0n) is 14.9. The normalized spacial score (nSPS) is 12.6. The van der Waals surface area contributed by atoms with E-state index in [-0.39, 0.29) is 12.5 Å². The maximum atomic E-state index is 11.8. The van der Waals surface area contributed by atoms with Crippen LogP contribution in [0, 0.1) is 0 Å². The third-order valence-electron chi connectivity index (χ3n) is 3.90. The van der Waals surface area contributed by atoms with Crippen molar-refractivity contribution in [3.8, 4) is 11.5 Å². The van der Waals surface area contributed by atoms with E-state index in [1.165, 1.54) is 6.08 Å². The predicted molar refractivity (Wildman–Crippen MR) is 101 cm³/mol. The van der Waals surface area contributed by atoms with Crippen molar-refractivity contribution >= 4 is 18.0 Å². The average Bonchev–Trinajstić information content (AvgIpc) is 2.71. The second kappa shape index (κ2) is 9.43. The Morgan fingerprint density at radius 3 is 2.63 bits per heavy atom. The molecule has 0 saturated carbocycles. The molecule has 0 saturated heterocycles. The van der Waals surface area contributed by atoms with E-state index in [1.54, 1.807) is 18.2 Å². The topological polar surface area (TPSA) is 73.9 Å². The van der Waals surface area contributed by atoms with Crippen LogP contribution in [-0.2, 0) is 20.7 Å². The third kappa shape index (κ3) is 5.88. The summed E-state index contributed by atoms with van der Waals surface area (Å²) in [5.41, 5.74) is 1.92. The van der Waals surface area contributed by atoms with E-state index >= 15 is 0 Å². The van der Waals surface area contributed by atoms with E-state index in [0.29, 0.717) is 31.3 Å². The van der Waals surface area contributed by atoms with Crippen LogP contribution in [0.3, 0.4) is 0 Å². The molecule has 1 aliphatic rings. The van der Waals surface area contributed by atoms with E-state index in [2.05, 4.69) is 5.32 Å². The highest BCUT2D eigenvalue weighted by Gasteiger charge is 2.11. The van der Waals surface area contributed by atoms with Crippen LogP contribution in [0.4, 0.5) is 0 Å². The van der Waals surface area contributed by atoms with Crippen LogP contribution in [0.25, 0.3) is 6.08 Å². The lowest BCUT2D eigenvalue weighted by atomic mass is 10.1. The number of hydrogen-bond donors (Lipinski definition) is 1. The molecule has 1 aliphatic heterocycles. The molecule has 0 spiro atoms. The first-order valence-corrected chi connectivity index (χ1v) is 8.76. The molecule has 0 atom stereocenters. The average molecular weight is 367 g/mol. The lowest BCUT2D eigenvalue weighted by Gasteiger charge is -2.18. The Balaban J connectivity index is 1.38. The van der Waals surface area contributed by atoms with Gasteiger partial charge in [-0.15, -0.1) is 0 Å². The van der Waals surface area contributed by atoms with Gasteiger partial charge in [0.25, 0.3) is 5.91 Å². The highest BCUT2D eigenvalue weighted by molar-refractivity contribution is 5.89. The van der Waals surface area contributed by atoms with Crippen molar-refractivity contribution in [3.63, 3.8) is 0 Å². The Morgan fingerprint density at radius 2 is 1.81 bits per heavy atom. The first-order chi connectivity index (χ1) is 13.2. The summed E-state index contributed by atoms with van der Waals surface area (Å²) in [6.45, 7) is 1.22. The molecule has 0 radical (unpaired) electrons. The van der Waals surface area contributed by atoms with Gasteiger partial charge in [-0.3, -0.25) is 4.79 Å². The van der Waals surface area contributed by atoms with Crippen LogP contribution in [0.15, 0.2) is 54.6 Å². The Bertz CT molecular complexity index is 817. The Morgan fingerprint density at radius 1 is 1.04 bits per heavy atom. The summed E-state index contributed by atoms with van der Waals surface area (Å²) in [7, 11) is 0. The molecular weight excluding hydrogens is 346 g/mol. The molecular formula is C21H21NO5. The Kier molecular flexibility index (Phi) is 6.46. The number of nitrogens with one attached hydrogen (secondary N) is 1. The molecule has 27 heavy (non-hydrogen) atoms. The standard InChI is InChI=1S/C21H21NO5/c23-20(22-11-10-16-4-2-1-3-5-16)15-27-21(24)9-7-17-6-8-18-19(14-17)26-13-12-25-18/h1-9,14H,10-13,15H2,(H,22,23)/b9-7+. The Hall–Kier alpha value is -3.28. The number of hydrogen-bond acceptors (Lipinski definition) is 5. The number of amides is 1. The summed E-state index contributed by atoms with van der Waals surface area (Å²) in [4.78, 5) is 23.5. The van der Waals surface area contributed by atoms with E-state index in [9.17, 15) is 9.59 Å². The molecule has 140 valence electrons. The monoisotopic (exact) mass is 367 g/mol. The molecule has 0 unspecified atom stereocenters. The van der Waals surface area contributed by atoms with Crippen LogP contribution < -0.4 is 14.8 Å². The molecule has 1 amide bonds. The zero-order valence-corrected chi connectivity index (χ0v) is 14.9. The summed E-state index contributed by atoms with van der Waals surface area (Å²) >= 11 is 0. The van der Waals surface area contributed by atoms with Gasteiger partial charge in [0, 0.05) is 12.6 Å². The number of rotatable bonds is 7. The van der Waals surface area contributed by atoms with Crippen LogP contribution in [0.1, 0.15) is 11.1 Å². The van der Waals surface area contributed by atoms with Gasteiger partial charge in [-0.05, 0) is 35.8 Å². The van der Waals surface area contributed by atoms with Crippen LogP contribution in [0.2, 0.25) is 0 Å². The second-order valence-electron chi connectivity index (χ2n) is 5.93. The van der Waals surface area contributed by atoms with E-state index < -0.39 is 5.97 Å². The van der Waals surface area contributed by atoms with Crippen molar-refractivity contribution in [2.75, 3.05) is 26.4 Å². The minimum atomic E-state index is -0.580. The van der Waals surface area contributed by atoms with Gasteiger partial charge in [-0.1, -0.05) is 36.4 Å². The smallest absolute Gasteiger partial charge is 0.331 e. The fraction of sp³-hybridized carbons (Fsp3) is 0.238. The number of benzene rings is 2. The maximum absolute atomic E-state index is 11.8. The zero-order chi connectivity index (χ0) is 18.9. The van der Waals surface area contributed by atoms with Gasteiger partial charge in [-0.25, -0.2) is 4.79 Å². The molecule has 1 heterocycles. The van der Waals surface area contributed by atoms with E-state index in [1.807, 2.05) is 36.4 Å². The fourth-order valence-corrected chi connectivity index (χ4v) is 2.55. The van der Waals surface area contributed by atoms with Gasteiger partial charge in [0.05, 0.1) is 0 Å². The minimum Gasteiger partial charge on any atom is -0.486 e.